The lowest BCUT2D eigenvalue weighted by Crippen LogP contribution is -2.49. The molecule has 1 aliphatic heterocycles. The molecule has 1 heterocycles. The van der Waals surface area contributed by atoms with Crippen LogP contribution in [0.5, 0.6) is 0 Å². The molecular formula is C19H18ClF4N3S. The zero-order chi connectivity index (χ0) is 20.3. The van der Waals surface area contributed by atoms with Gasteiger partial charge in [0.15, 0.2) is 5.11 Å². The summed E-state index contributed by atoms with van der Waals surface area (Å²) in [5, 5.41) is 3.55. The Labute approximate surface area is 170 Å². The lowest BCUT2D eigenvalue weighted by Gasteiger charge is -2.36. The summed E-state index contributed by atoms with van der Waals surface area (Å²) in [6.45, 7) is 3.06. The van der Waals surface area contributed by atoms with Crippen LogP contribution >= 0.6 is 23.8 Å². The summed E-state index contributed by atoms with van der Waals surface area (Å²) >= 11 is 11.2. The minimum atomic E-state index is -4.34. The van der Waals surface area contributed by atoms with Crippen molar-refractivity contribution in [3.63, 3.8) is 0 Å². The van der Waals surface area contributed by atoms with Crippen LogP contribution in [0.3, 0.4) is 0 Å². The number of hydrogen-bond acceptors (Lipinski definition) is 2. The van der Waals surface area contributed by atoms with Crippen molar-refractivity contribution < 1.29 is 17.6 Å². The number of rotatable bonds is 3. The molecular weight excluding hydrogens is 414 g/mol. The third-order valence-corrected chi connectivity index (χ3v) is 5.14. The van der Waals surface area contributed by atoms with Gasteiger partial charge in [-0.3, -0.25) is 4.90 Å². The highest BCUT2D eigenvalue weighted by molar-refractivity contribution is 7.80. The SMILES string of the molecule is Fc1ccc(NC(=S)N2CCN(Cc3cccc(C(F)(F)F)c3)CC2)cc1Cl. The van der Waals surface area contributed by atoms with Gasteiger partial charge in [0.2, 0.25) is 0 Å². The van der Waals surface area contributed by atoms with Gasteiger partial charge in [0, 0.05) is 38.4 Å². The summed E-state index contributed by atoms with van der Waals surface area (Å²) in [6.07, 6.45) is -4.34. The van der Waals surface area contributed by atoms with E-state index in [-0.39, 0.29) is 5.02 Å². The van der Waals surface area contributed by atoms with Gasteiger partial charge in [0.05, 0.1) is 10.6 Å². The number of alkyl halides is 3. The monoisotopic (exact) mass is 431 g/mol. The minimum Gasteiger partial charge on any atom is -0.346 e. The summed E-state index contributed by atoms with van der Waals surface area (Å²) in [7, 11) is 0. The van der Waals surface area contributed by atoms with E-state index < -0.39 is 17.6 Å². The van der Waals surface area contributed by atoms with E-state index in [2.05, 4.69) is 10.2 Å². The molecule has 3 nitrogen and oxygen atoms in total. The zero-order valence-electron chi connectivity index (χ0n) is 14.8. The maximum Gasteiger partial charge on any atom is 0.416 e. The first-order valence-corrected chi connectivity index (χ1v) is 9.40. The number of nitrogens with one attached hydrogen (secondary N) is 1. The van der Waals surface area contributed by atoms with Crippen molar-refractivity contribution in [2.75, 3.05) is 31.5 Å². The summed E-state index contributed by atoms with van der Waals surface area (Å²) in [5.74, 6) is -0.499. The largest absolute Gasteiger partial charge is 0.416 e. The van der Waals surface area contributed by atoms with Crippen LogP contribution < -0.4 is 5.32 Å². The Bertz CT molecular complexity index is 851. The zero-order valence-corrected chi connectivity index (χ0v) is 16.3. The van der Waals surface area contributed by atoms with E-state index in [0.29, 0.717) is 49.1 Å². The van der Waals surface area contributed by atoms with E-state index in [1.165, 1.54) is 24.3 Å². The van der Waals surface area contributed by atoms with Crippen molar-refractivity contribution in [2.24, 2.45) is 0 Å². The molecule has 0 amide bonds. The van der Waals surface area contributed by atoms with Gasteiger partial charge in [-0.1, -0.05) is 29.8 Å². The fourth-order valence-corrected chi connectivity index (χ4v) is 3.47. The van der Waals surface area contributed by atoms with E-state index in [1.807, 2.05) is 4.90 Å². The summed E-state index contributed by atoms with van der Waals surface area (Å²) in [6, 6.07) is 9.68. The predicted molar refractivity (Wildman–Crippen MR) is 106 cm³/mol. The quantitative estimate of drug-likeness (QED) is 0.543. The van der Waals surface area contributed by atoms with Crippen molar-refractivity contribution in [1.82, 2.24) is 9.80 Å². The molecule has 0 aromatic heterocycles. The molecule has 1 aliphatic rings. The van der Waals surface area contributed by atoms with E-state index in [4.69, 9.17) is 23.8 Å². The number of thiocarbonyl (C=S) groups is 1. The molecule has 0 radical (unpaired) electrons. The average Bonchev–Trinajstić information content (AvgIpc) is 2.65. The molecule has 3 rings (SSSR count). The fourth-order valence-electron chi connectivity index (χ4n) is 2.99. The average molecular weight is 432 g/mol. The number of piperazine rings is 1. The lowest BCUT2D eigenvalue weighted by molar-refractivity contribution is -0.137. The van der Waals surface area contributed by atoms with Crippen LogP contribution in [-0.2, 0) is 12.7 Å². The van der Waals surface area contributed by atoms with Gasteiger partial charge in [-0.15, -0.1) is 0 Å². The fraction of sp³-hybridized carbons (Fsp3) is 0.316. The van der Waals surface area contributed by atoms with Gasteiger partial charge in [-0.25, -0.2) is 4.39 Å². The normalized spacial score (nSPS) is 15.5. The molecule has 0 unspecified atom stereocenters. The topological polar surface area (TPSA) is 18.5 Å². The maximum atomic E-state index is 13.2. The van der Waals surface area contributed by atoms with E-state index in [0.717, 1.165) is 6.07 Å². The Hall–Kier alpha value is -1.90. The molecule has 9 heteroatoms. The van der Waals surface area contributed by atoms with Gasteiger partial charge in [-0.05, 0) is 42.0 Å². The highest BCUT2D eigenvalue weighted by Crippen LogP contribution is 2.29. The smallest absolute Gasteiger partial charge is 0.346 e. The number of hydrogen-bond donors (Lipinski definition) is 1. The van der Waals surface area contributed by atoms with Crippen LogP contribution in [0.4, 0.5) is 23.2 Å². The Kier molecular flexibility index (Phi) is 6.42. The Morgan fingerprint density at radius 3 is 2.43 bits per heavy atom. The Morgan fingerprint density at radius 2 is 1.79 bits per heavy atom. The Balaban J connectivity index is 1.53. The van der Waals surface area contributed by atoms with Gasteiger partial charge in [-0.2, -0.15) is 13.2 Å². The van der Waals surface area contributed by atoms with Crippen molar-refractivity contribution in [3.05, 3.63) is 64.4 Å². The van der Waals surface area contributed by atoms with Gasteiger partial charge in [0.1, 0.15) is 5.82 Å². The maximum absolute atomic E-state index is 13.2. The highest BCUT2D eigenvalue weighted by atomic mass is 35.5. The lowest BCUT2D eigenvalue weighted by atomic mass is 10.1. The third-order valence-electron chi connectivity index (χ3n) is 4.49. The van der Waals surface area contributed by atoms with Crippen LogP contribution in [0.25, 0.3) is 0 Å². The molecule has 0 saturated carbocycles. The molecule has 0 bridgehead atoms. The van der Waals surface area contributed by atoms with Crippen LogP contribution in [0, 0.1) is 5.82 Å². The number of benzene rings is 2. The molecule has 150 valence electrons. The van der Waals surface area contributed by atoms with Crippen LogP contribution in [0.15, 0.2) is 42.5 Å². The molecule has 0 spiro atoms. The highest BCUT2D eigenvalue weighted by Gasteiger charge is 2.30. The molecule has 0 aliphatic carbocycles. The number of halogens is 5. The van der Waals surface area contributed by atoms with Crippen LogP contribution in [-0.4, -0.2) is 41.1 Å². The van der Waals surface area contributed by atoms with Crippen molar-refractivity contribution in [1.29, 1.82) is 0 Å². The van der Waals surface area contributed by atoms with Gasteiger partial charge in [0.25, 0.3) is 0 Å². The van der Waals surface area contributed by atoms with E-state index >= 15 is 0 Å². The van der Waals surface area contributed by atoms with Crippen molar-refractivity contribution >= 4 is 34.6 Å². The van der Waals surface area contributed by atoms with E-state index in [9.17, 15) is 17.6 Å². The second-order valence-corrected chi connectivity index (χ2v) is 7.31. The molecule has 1 fully saturated rings. The summed E-state index contributed by atoms with van der Waals surface area (Å²) in [5.41, 5.74) is 0.597. The summed E-state index contributed by atoms with van der Waals surface area (Å²) in [4.78, 5) is 4.05. The summed E-state index contributed by atoms with van der Waals surface area (Å²) < 4.78 is 51.8. The van der Waals surface area contributed by atoms with Crippen LogP contribution in [0.2, 0.25) is 5.02 Å². The molecule has 1 saturated heterocycles. The molecule has 28 heavy (non-hydrogen) atoms. The second-order valence-electron chi connectivity index (χ2n) is 6.52. The molecule has 1 N–H and O–H groups in total. The standard InChI is InChI=1S/C19H18ClF4N3S/c20-16-11-15(4-5-17(16)21)25-18(28)27-8-6-26(7-9-27)12-13-2-1-3-14(10-13)19(22,23)24/h1-5,10-11H,6-9,12H2,(H,25,28). The number of nitrogens with zero attached hydrogens (tertiary/aromatic N) is 2. The van der Waals surface area contributed by atoms with Crippen molar-refractivity contribution in [3.8, 4) is 0 Å². The van der Waals surface area contributed by atoms with E-state index in [1.54, 1.807) is 12.1 Å². The first-order valence-electron chi connectivity index (χ1n) is 8.62. The third kappa shape index (κ3) is 5.33. The Morgan fingerprint density at radius 1 is 1.07 bits per heavy atom. The minimum absolute atomic E-state index is 0.0127. The molecule has 0 atom stereocenters. The first kappa shape index (κ1) is 20.8. The predicted octanol–water partition coefficient (Wildman–Crippen LogP) is 5.01. The van der Waals surface area contributed by atoms with Crippen molar-refractivity contribution in [2.45, 2.75) is 12.7 Å². The van der Waals surface area contributed by atoms with Gasteiger partial charge >= 0.3 is 6.18 Å². The molecule has 2 aromatic rings. The second kappa shape index (κ2) is 8.63. The molecule has 2 aromatic carbocycles. The number of anilines is 1. The first-order chi connectivity index (χ1) is 13.2. The van der Waals surface area contributed by atoms with Crippen LogP contribution in [0.1, 0.15) is 11.1 Å². The van der Waals surface area contributed by atoms with Gasteiger partial charge < -0.3 is 10.2 Å².